The lowest BCUT2D eigenvalue weighted by molar-refractivity contribution is -0.495. The summed E-state index contributed by atoms with van der Waals surface area (Å²) in [5.74, 6) is -0.538. The summed E-state index contributed by atoms with van der Waals surface area (Å²) in [5.41, 5.74) is -0.530. The van der Waals surface area contributed by atoms with Crippen LogP contribution < -0.4 is 0 Å². The third-order valence-corrected chi connectivity index (χ3v) is 1.79. The molecular formula is C8H15NO5. The van der Waals surface area contributed by atoms with Crippen LogP contribution >= 0.6 is 0 Å². The van der Waals surface area contributed by atoms with E-state index in [1.165, 1.54) is 0 Å². The fourth-order valence-electron chi connectivity index (χ4n) is 1.01. The predicted octanol–water partition coefficient (Wildman–Crippen LogP) is 0.562. The van der Waals surface area contributed by atoms with Crippen LogP contribution in [0.3, 0.4) is 0 Å². The van der Waals surface area contributed by atoms with E-state index in [4.69, 9.17) is 5.11 Å². The molecular weight excluding hydrogens is 190 g/mol. The fraction of sp³-hybridized carbons (Fsp3) is 0.875. The Labute approximate surface area is 82.0 Å². The Morgan fingerprint density at radius 3 is 2.57 bits per heavy atom. The minimum Gasteiger partial charge on any atom is -0.439 e. The second kappa shape index (κ2) is 5.54. The summed E-state index contributed by atoms with van der Waals surface area (Å²) in [7, 11) is 0. The Balaban J connectivity index is 3.86. The van der Waals surface area contributed by atoms with Gasteiger partial charge in [-0.2, -0.15) is 0 Å². The van der Waals surface area contributed by atoms with Gasteiger partial charge in [-0.25, -0.2) is 0 Å². The smallest absolute Gasteiger partial charge is 0.307 e. The molecule has 0 unspecified atom stereocenters. The van der Waals surface area contributed by atoms with Gasteiger partial charge in [0.25, 0.3) is 0 Å². The Morgan fingerprint density at radius 1 is 1.57 bits per heavy atom. The molecule has 0 aromatic carbocycles. The zero-order valence-electron chi connectivity index (χ0n) is 8.36. The molecule has 0 atom stereocenters. The van der Waals surface area contributed by atoms with Gasteiger partial charge in [-0.15, -0.1) is 0 Å². The van der Waals surface area contributed by atoms with E-state index in [9.17, 15) is 14.9 Å². The third-order valence-electron chi connectivity index (χ3n) is 1.79. The number of hydrogen-bond donors (Lipinski definition) is 1. The molecule has 0 aromatic heterocycles. The quantitative estimate of drug-likeness (QED) is 0.296. The molecule has 0 heterocycles. The number of hydrogen-bond acceptors (Lipinski definition) is 5. The summed E-state index contributed by atoms with van der Waals surface area (Å²) in [4.78, 5) is 20.7. The highest BCUT2D eigenvalue weighted by Gasteiger charge is 2.25. The average Bonchev–Trinajstić information content (AvgIpc) is 1.99. The SMILES string of the molecule is CC(C)(CCC(=O)OCO)C[N+](=O)[O-]. The topological polar surface area (TPSA) is 89.7 Å². The maximum atomic E-state index is 10.8. The molecule has 82 valence electrons. The van der Waals surface area contributed by atoms with Gasteiger partial charge in [0, 0.05) is 16.8 Å². The second-order valence-electron chi connectivity index (χ2n) is 3.80. The van der Waals surface area contributed by atoms with Gasteiger partial charge in [0.2, 0.25) is 6.54 Å². The van der Waals surface area contributed by atoms with E-state index >= 15 is 0 Å². The normalized spacial score (nSPS) is 11.1. The minimum absolute atomic E-state index is 0.0847. The van der Waals surface area contributed by atoms with Gasteiger partial charge < -0.3 is 9.84 Å². The van der Waals surface area contributed by atoms with Crippen molar-refractivity contribution in [1.82, 2.24) is 0 Å². The van der Waals surface area contributed by atoms with E-state index in [0.29, 0.717) is 6.42 Å². The Kier molecular flexibility index (Phi) is 5.07. The molecule has 0 aliphatic carbocycles. The molecule has 6 heteroatoms. The number of esters is 1. The molecule has 0 radical (unpaired) electrons. The minimum atomic E-state index is -0.644. The van der Waals surface area contributed by atoms with Gasteiger partial charge >= 0.3 is 5.97 Å². The number of nitrogens with zero attached hydrogens (tertiary/aromatic N) is 1. The maximum absolute atomic E-state index is 10.8. The van der Waals surface area contributed by atoms with E-state index < -0.39 is 23.1 Å². The molecule has 0 saturated heterocycles. The van der Waals surface area contributed by atoms with Crippen LogP contribution in [0.1, 0.15) is 26.7 Å². The lowest BCUT2D eigenvalue weighted by atomic mass is 9.88. The highest BCUT2D eigenvalue weighted by molar-refractivity contribution is 5.69. The van der Waals surface area contributed by atoms with Gasteiger partial charge in [0.1, 0.15) is 0 Å². The van der Waals surface area contributed by atoms with Crippen molar-refractivity contribution in [2.45, 2.75) is 26.7 Å². The number of rotatable bonds is 6. The summed E-state index contributed by atoms with van der Waals surface area (Å²) >= 11 is 0. The lowest BCUT2D eigenvalue weighted by Gasteiger charge is -2.18. The molecule has 0 aliphatic rings. The first kappa shape index (κ1) is 12.8. The van der Waals surface area contributed by atoms with Gasteiger partial charge in [0.05, 0.1) is 0 Å². The first-order valence-corrected chi connectivity index (χ1v) is 4.26. The maximum Gasteiger partial charge on any atom is 0.307 e. The van der Waals surface area contributed by atoms with Gasteiger partial charge in [-0.05, 0) is 6.42 Å². The molecule has 1 N–H and O–H groups in total. The monoisotopic (exact) mass is 205 g/mol. The molecule has 0 aliphatic heterocycles. The van der Waals surface area contributed by atoms with Crippen molar-refractivity contribution in [3.8, 4) is 0 Å². The first-order chi connectivity index (χ1) is 6.37. The van der Waals surface area contributed by atoms with Crippen molar-refractivity contribution in [3.63, 3.8) is 0 Å². The second-order valence-corrected chi connectivity index (χ2v) is 3.80. The van der Waals surface area contributed by atoms with Crippen LogP contribution in [-0.2, 0) is 9.53 Å². The number of carbonyl (C=O) groups is 1. The largest absolute Gasteiger partial charge is 0.439 e. The number of ether oxygens (including phenoxy) is 1. The molecule has 0 saturated carbocycles. The summed E-state index contributed by atoms with van der Waals surface area (Å²) in [6.07, 6.45) is 0.453. The molecule has 0 rings (SSSR count). The Bertz CT molecular complexity index is 214. The van der Waals surface area contributed by atoms with Crippen LogP contribution in [-0.4, -0.2) is 29.3 Å². The molecule has 14 heavy (non-hydrogen) atoms. The van der Waals surface area contributed by atoms with Crippen molar-refractivity contribution < 1.29 is 19.6 Å². The number of aliphatic hydroxyl groups is 1. The van der Waals surface area contributed by atoms with Gasteiger partial charge in [0.15, 0.2) is 6.79 Å². The van der Waals surface area contributed by atoms with Gasteiger partial charge in [-0.3, -0.25) is 14.9 Å². The Hall–Kier alpha value is -1.17. The molecule has 0 fully saturated rings. The predicted molar refractivity (Wildman–Crippen MR) is 48.1 cm³/mol. The van der Waals surface area contributed by atoms with Crippen molar-refractivity contribution in [2.24, 2.45) is 5.41 Å². The highest BCUT2D eigenvalue weighted by atomic mass is 16.6. The van der Waals surface area contributed by atoms with Crippen LogP contribution in [0.15, 0.2) is 0 Å². The third kappa shape index (κ3) is 6.36. The first-order valence-electron chi connectivity index (χ1n) is 4.26. The Morgan fingerprint density at radius 2 is 2.14 bits per heavy atom. The van der Waals surface area contributed by atoms with Gasteiger partial charge in [-0.1, -0.05) is 13.8 Å². The molecule has 0 spiro atoms. The number of carbonyl (C=O) groups excluding carboxylic acids is 1. The average molecular weight is 205 g/mol. The zero-order chi connectivity index (χ0) is 11.2. The van der Waals surface area contributed by atoms with Crippen LogP contribution in [0, 0.1) is 15.5 Å². The standard InChI is InChI=1S/C8H15NO5/c1-8(2,5-9(12)13)4-3-7(11)14-6-10/h10H,3-6H2,1-2H3. The van der Waals surface area contributed by atoms with Crippen molar-refractivity contribution in [1.29, 1.82) is 0 Å². The van der Waals surface area contributed by atoms with Crippen LogP contribution in [0.5, 0.6) is 0 Å². The number of aliphatic hydroxyl groups excluding tert-OH is 1. The summed E-state index contributed by atoms with van der Waals surface area (Å²) < 4.78 is 4.29. The van der Waals surface area contributed by atoms with Crippen molar-refractivity contribution >= 4 is 5.97 Å². The highest BCUT2D eigenvalue weighted by Crippen LogP contribution is 2.22. The van der Waals surface area contributed by atoms with Crippen molar-refractivity contribution in [2.75, 3.05) is 13.3 Å². The summed E-state index contributed by atoms with van der Waals surface area (Å²) in [6, 6.07) is 0. The van der Waals surface area contributed by atoms with Crippen molar-refractivity contribution in [3.05, 3.63) is 10.1 Å². The molecule has 0 bridgehead atoms. The van der Waals surface area contributed by atoms with E-state index in [1.807, 2.05) is 0 Å². The van der Waals surface area contributed by atoms with Crippen LogP contribution in [0.25, 0.3) is 0 Å². The lowest BCUT2D eigenvalue weighted by Crippen LogP contribution is -2.24. The molecule has 6 nitrogen and oxygen atoms in total. The number of nitro groups is 1. The molecule has 0 aromatic rings. The fourth-order valence-corrected chi connectivity index (χ4v) is 1.01. The summed E-state index contributed by atoms with van der Waals surface area (Å²) in [6.45, 7) is 2.60. The van der Waals surface area contributed by atoms with E-state index in [0.717, 1.165) is 0 Å². The van der Waals surface area contributed by atoms with E-state index in [-0.39, 0.29) is 13.0 Å². The van der Waals surface area contributed by atoms with Crippen LogP contribution in [0.2, 0.25) is 0 Å². The molecule has 0 amide bonds. The van der Waals surface area contributed by atoms with E-state index in [2.05, 4.69) is 4.74 Å². The zero-order valence-corrected chi connectivity index (χ0v) is 8.36. The summed E-state index contributed by atoms with van der Waals surface area (Å²) in [5, 5.41) is 18.5. The van der Waals surface area contributed by atoms with Crippen LogP contribution in [0.4, 0.5) is 0 Å². The van der Waals surface area contributed by atoms with E-state index in [1.54, 1.807) is 13.8 Å².